The maximum Gasteiger partial charge on any atom is 0.185 e. The molecule has 2 aliphatic rings. The third-order valence-electron chi connectivity index (χ3n) is 4.74. The van der Waals surface area contributed by atoms with Crippen LogP contribution in [0.2, 0.25) is 0 Å². The van der Waals surface area contributed by atoms with Gasteiger partial charge in [-0.05, 0) is 39.3 Å². The molecule has 118 valence electrons. The molecule has 21 heavy (non-hydrogen) atoms. The van der Waals surface area contributed by atoms with E-state index in [1.54, 1.807) is 0 Å². The first-order chi connectivity index (χ1) is 10.1. The zero-order valence-electron chi connectivity index (χ0n) is 13.7. The summed E-state index contributed by atoms with van der Waals surface area (Å²) in [6, 6.07) is 1.41. The third kappa shape index (κ3) is 3.41. The lowest BCUT2D eigenvalue weighted by atomic mass is 10.1. The number of nitrogens with zero attached hydrogens (tertiary/aromatic N) is 3. The Bertz CT molecular complexity index is 481. The second-order valence-corrected chi connectivity index (χ2v) is 7.85. The molecule has 1 saturated carbocycles. The number of aryl methyl sites for hydroxylation is 1. The van der Waals surface area contributed by atoms with Crippen LogP contribution in [-0.2, 0) is 13.0 Å². The van der Waals surface area contributed by atoms with Gasteiger partial charge in [-0.3, -0.25) is 0 Å². The number of nitrogens with one attached hydrogen (secondary N) is 1. The van der Waals surface area contributed by atoms with E-state index >= 15 is 0 Å². The summed E-state index contributed by atoms with van der Waals surface area (Å²) in [6.45, 7) is 7.82. The molecule has 2 unspecified atom stereocenters. The van der Waals surface area contributed by atoms with E-state index in [0.29, 0.717) is 12.0 Å². The molecule has 1 aliphatic carbocycles. The Hall–Kier alpha value is -0.650. The first kappa shape index (κ1) is 15.3. The number of rotatable bonds is 6. The molecule has 5 heteroatoms. The minimum absolute atomic E-state index is 0.645. The van der Waals surface area contributed by atoms with Crippen molar-refractivity contribution in [1.29, 1.82) is 0 Å². The van der Waals surface area contributed by atoms with E-state index in [9.17, 15) is 0 Å². The average Bonchev–Trinajstić information content (AvgIpc) is 3.05. The Morgan fingerprint density at radius 1 is 1.33 bits per heavy atom. The molecular weight excluding hydrogens is 280 g/mol. The van der Waals surface area contributed by atoms with E-state index in [1.807, 2.05) is 11.3 Å². The molecule has 2 fully saturated rings. The molecule has 3 rings (SSSR count). The molecule has 0 aromatic carbocycles. The van der Waals surface area contributed by atoms with Gasteiger partial charge in [0.15, 0.2) is 5.13 Å². The van der Waals surface area contributed by atoms with Crippen LogP contribution in [0.5, 0.6) is 0 Å². The Morgan fingerprint density at radius 3 is 2.67 bits per heavy atom. The zero-order chi connectivity index (χ0) is 15.0. The van der Waals surface area contributed by atoms with Gasteiger partial charge in [0, 0.05) is 36.6 Å². The smallest absolute Gasteiger partial charge is 0.185 e. The SMILES string of the molecule is CCc1nc(N2CC(C)C(N(C)C)C2)sc1CNC1CC1. The van der Waals surface area contributed by atoms with Crippen molar-refractivity contribution in [2.45, 2.75) is 51.7 Å². The maximum absolute atomic E-state index is 4.92. The van der Waals surface area contributed by atoms with Crippen LogP contribution in [0.25, 0.3) is 0 Å². The normalized spacial score (nSPS) is 26.0. The van der Waals surface area contributed by atoms with E-state index in [0.717, 1.165) is 32.1 Å². The summed E-state index contributed by atoms with van der Waals surface area (Å²) in [6.07, 6.45) is 3.74. The van der Waals surface area contributed by atoms with E-state index in [4.69, 9.17) is 4.98 Å². The lowest BCUT2D eigenvalue weighted by molar-refractivity contribution is 0.266. The number of anilines is 1. The molecule has 1 aromatic rings. The van der Waals surface area contributed by atoms with Gasteiger partial charge in [-0.2, -0.15) is 0 Å². The molecule has 1 N–H and O–H groups in total. The highest BCUT2D eigenvalue weighted by molar-refractivity contribution is 7.15. The van der Waals surface area contributed by atoms with Gasteiger partial charge in [0.1, 0.15) is 0 Å². The number of aromatic nitrogens is 1. The molecule has 1 aliphatic heterocycles. The lowest BCUT2D eigenvalue weighted by Gasteiger charge is -2.22. The van der Waals surface area contributed by atoms with Crippen molar-refractivity contribution >= 4 is 16.5 Å². The van der Waals surface area contributed by atoms with Crippen LogP contribution in [0.15, 0.2) is 0 Å². The molecule has 2 atom stereocenters. The minimum Gasteiger partial charge on any atom is -0.346 e. The van der Waals surface area contributed by atoms with Gasteiger partial charge in [-0.25, -0.2) is 4.98 Å². The van der Waals surface area contributed by atoms with Crippen LogP contribution >= 0.6 is 11.3 Å². The Morgan fingerprint density at radius 2 is 2.10 bits per heavy atom. The average molecular weight is 308 g/mol. The lowest BCUT2D eigenvalue weighted by Crippen LogP contribution is -2.34. The molecule has 0 spiro atoms. The van der Waals surface area contributed by atoms with Gasteiger partial charge in [0.05, 0.1) is 5.69 Å². The number of hydrogen-bond donors (Lipinski definition) is 1. The second-order valence-electron chi connectivity index (χ2n) is 6.79. The van der Waals surface area contributed by atoms with Crippen LogP contribution in [0, 0.1) is 5.92 Å². The van der Waals surface area contributed by atoms with Crippen LogP contribution < -0.4 is 10.2 Å². The molecule has 1 aromatic heterocycles. The number of likely N-dealkylation sites (N-methyl/N-ethyl adjacent to an activating group) is 1. The fourth-order valence-electron chi connectivity index (χ4n) is 3.22. The number of hydrogen-bond acceptors (Lipinski definition) is 5. The summed E-state index contributed by atoms with van der Waals surface area (Å²) in [5.74, 6) is 0.710. The zero-order valence-corrected chi connectivity index (χ0v) is 14.5. The van der Waals surface area contributed by atoms with Crippen molar-refractivity contribution in [3.05, 3.63) is 10.6 Å². The topological polar surface area (TPSA) is 31.4 Å². The summed E-state index contributed by atoms with van der Waals surface area (Å²) in [4.78, 5) is 11.2. The van der Waals surface area contributed by atoms with Gasteiger partial charge in [-0.1, -0.05) is 13.8 Å². The van der Waals surface area contributed by atoms with Crippen molar-refractivity contribution in [3.63, 3.8) is 0 Å². The summed E-state index contributed by atoms with van der Waals surface area (Å²) < 4.78 is 0. The van der Waals surface area contributed by atoms with Crippen LogP contribution in [0.4, 0.5) is 5.13 Å². The molecule has 0 bridgehead atoms. The van der Waals surface area contributed by atoms with E-state index < -0.39 is 0 Å². The van der Waals surface area contributed by atoms with Crippen LogP contribution in [-0.4, -0.2) is 49.2 Å². The van der Waals surface area contributed by atoms with Crippen LogP contribution in [0.1, 0.15) is 37.3 Å². The predicted octanol–water partition coefficient (Wildman–Crippen LogP) is 2.34. The Kier molecular flexibility index (Phi) is 4.52. The molecule has 0 amide bonds. The summed E-state index contributed by atoms with van der Waals surface area (Å²) >= 11 is 1.90. The fourth-order valence-corrected chi connectivity index (χ4v) is 4.34. The van der Waals surface area contributed by atoms with Crippen LogP contribution in [0.3, 0.4) is 0 Å². The monoisotopic (exact) mass is 308 g/mol. The third-order valence-corrected chi connectivity index (χ3v) is 5.90. The Labute approximate surface area is 132 Å². The largest absolute Gasteiger partial charge is 0.346 e. The van der Waals surface area contributed by atoms with E-state index in [-0.39, 0.29) is 0 Å². The molecular formula is C16H28N4S. The van der Waals surface area contributed by atoms with Crippen molar-refractivity contribution in [1.82, 2.24) is 15.2 Å². The molecule has 2 heterocycles. The summed E-state index contributed by atoms with van der Waals surface area (Å²) in [7, 11) is 4.38. The maximum atomic E-state index is 4.92. The highest BCUT2D eigenvalue weighted by Crippen LogP contribution is 2.32. The first-order valence-corrected chi connectivity index (χ1v) is 9.03. The minimum atomic E-state index is 0.645. The van der Waals surface area contributed by atoms with Crippen molar-refractivity contribution in [3.8, 4) is 0 Å². The van der Waals surface area contributed by atoms with Crippen molar-refractivity contribution in [2.24, 2.45) is 5.92 Å². The highest BCUT2D eigenvalue weighted by atomic mass is 32.1. The van der Waals surface area contributed by atoms with Gasteiger partial charge in [0.25, 0.3) is 0 Å². The van der Waals surface area contributed by atoms with Gasteiger partial charge in [0.2, 0.25) is 0 Å². The second kappa shape index (κ2) is 6.23. The number of thiazole rings is 1. The molecule has 4 nitrogen and oxygen atoms in total. The molecule has 0 radical (unpaired) electrons. The van der Waals surface area contributed by atoms with Crippen molar-refractivity contribution < 1.29 is 0 Å². The van der Waals surface area contributed by atoms with E-state index in [2.05, 4.69) is 43.1 Å². The first-order valence-electron chi connectivity index (χ1n) is 8.21. The molecule has 1 saturated heterocycles. The highest BCUT2D eigenvalue weighted by Gasteiger charge is 2.33. The van der Waals surface area contributed by atoms with Gasteiger partial charge in [-0.15, -0.1) is 11.3 Å². The fraction of sp³-hybridized carbons (Fsp3) is 0.812. The van der Waals surface area contributed by atoms with Gasteiger partial charge >= 0.3 is 0 Å². The standard InChI is InChI=1S/C16H28N4S/c1-5-13-15(8-17-12-6-7-12)21-16(18-13)20-9-11(2)14(10-20)19(3)4/h11-12,14,17H,5-10H2,1-4H3. The Balaban J connectivity index is 1.70. The summed E-state index contributed by atoms with van der Waals surface area (Å²) in [5, 5.41) is 4.86. The summed E-state index contributed by atoms with van der Waals surface area (Å²) in [5.41, 5.74) is 1.30. The predicted molar refractivity (Wildman–Crippen MR) is 90.2 cm³/mol. The van der Waals surface area contributed by atoms with Gasteiger partial charge < -0.3 is 15.1 Å². The van der Waals surface area contributed by atoms with E-state index in [1.165, 1.54) is 28.5 Å². The van der Waals surface area contributed by atoms with Crippen molar-refractivity contribution in [2.75, 3.05) is 32.1 Å². The quantitative estimate of drug-likeness (QED) is 0.874.